The smallest absolute Gasteiger partial charge is 0.335 e. The second-order valence-electron chi connectivity index (χ2n) is 4.55. The van der Waals surface area contributed by atoms with Crippen LogP contribution in [0.5, 0.6) is 0 Å². The van der Waals surface area contributed by atoms with E-state index in [0.717, 1.165) is 5.56 Å². The fourth-order valence-electron chi connectivity index (χ4n) is 2.31. The van der Waals surface area contributed by atoms with Gasteiger partial charge in [0.25, 0.3) is 0 Å². The molecule has 2 rings (SSSR count). The minimum Gasteiger partial charge on any atom is -0.478 e. The van der Waals surface area contributed by atoms with Crippen LogP contribution in [0.2, 0.25) is 0 Å². The van der Waals surface area contributed by atoms with Gasteiger partial charge in [0.15, 0.2) is 0 Å². The van der Waals surface area contributed by atoms with Crippen molar-refractivity contribution in [1.29, 1.82) is 0 Å². The number of hydrogen-bond donors (Lipinski definition) is 1. The summed E-state index contributed by atoms with van der Waals surface area (Å²) in [5.74, 6) is -0.942. The molecular weight excluding hydrogens is 221 g/mol. The SMILES string of the molecule is CN1CCC(F)CC1c1cccc(C(=O)O)c1. The van der Waals surface area contributed by atoms with Gasteiger partial charge in [-0.25, -0.2) is 9.18 Å². The van der Waals surface area contributed by atoms with Gasteiger partial charge >= 0.3 is 5.97 Å². The molecule has 1 aliphatic rings. The van der Waals surface area contributed by atoms with E-state index in [1.54, 1.807) is 18.2 Å². The van der Waals surface area contributed by atoms with Crippen molar-refractivity contribution >= 4 is 5.97 Å². The normalized spacial score (nSPS) is 25.8. The van der Waals surface area contributed by atoms with E-state index < -0.39 is 12.1 Å². The molecule has 1 fully saturated rings. The molecule has 0 aliphatic carbocycles. The van der Waals surface area contributed by atoms with E-state index >= 15 is 0 Å². The molecular formula is C13H16FNO2. The lowest BCUT2D eigenvalue weighted by Crippen LogP contribution is -2.34. The first-order valence-corrected chi connectivity index (χ1v) is 5.75. The van der Waals surface area contributed by atoms with E-state index in [1.807, 2.05) is 13.1 Å². The van der Waals surface area contributed by atoms with Crippen LogP contribution < -0.4 is 0 Å². The van der Waals surface area contributed by atoms with Crippen LogP contribution >= 0.6 is 0 Å². The van der Waals surface area contributed by atoms with Gasteiger partial charge < -0.3 is 5.11 Å². The van der Waals surface area contributed by atoms with E-state index in [-0.39, 0.29) is 11.6 Å². The number of aromatic carboxylic acids is 1. The lowest BCUT2D eigenvalue weighted by Gasteiger charge is -2.34. The highest BCUT2D eigenvalue weighted by atomic mass is 19.1. The molecule has 2 atom stereocenters. The molecule has 92 valence electrons. The second-order valence-corrected chi connectivity index (χ2v) is 4.55. The van der Waals surface area contributed by atoms with Crippen LogP contribution in [-0.2, 0) is 0 Å². The Kier molecular flexibility index (Phi) is 3.43. The quantitative estimate of drug-likeness (QED) is 0.859. The summed E-state index contributed by atoms with van der Waals surface area (Å²) in [6.07, 6.45) is 0.218. The third-order valence-corrected chi connectivity index (χ3v) is 3.32. The maximum atomic E-state index is 13.4. The van der Waals surface area contributed by atoms with Crippen molar-refractivity contribution in [2.75, 3.05) is 13.6 Å². The average Bonchev–Trinajstić information content (AvgIpc) is 2.32. The summed E-state index contributed by atoms with van der Waals surface area (Å²) in [5, 5.41) is 8.94. The standard InChI is InChI=1S/C13H16FNO2/c1-15-6-5-11(14)8-12(15)9-3-2-4-10(7-9)13(16)17/h2-4,7,11-12H,5-6,8H2,1H3,(H,16,17). The molecule has 17 heavy (non-hydrogen) atoms. The molecule has 0 saturated carbocycles. The minimum absolute atomic E-state index is 0.0157. The van der Waals surface area contributed by atoms with Crippen LogP contribution in [0.3, 0.4) is 0 Å². The van der Waals surface area contributed by atoms with Gasteiger partial charge in [0, 0.05) is 12.6 Å². The number of carboxylic acids is 1. The first-order valence-electron chi connectivity index (χ1n) is 5.75. The largest absolute Gasteiger partial charge is 0.478 e. The molecule has 3 nitrogen and oxygen atoms in total. The zero-order chi connectivity index (χ0) is 12.4. The molecule has 0 amide bonds. The third kappa shape index (κ3) is 2.64. The number of halogens is 1. The highest BCUT2D eigenvalue weighted by molar-refractivity contribution is 5.87. The Bertz CT molecular complexity index is 422. The lowest BCUT2D eigenvalue weighted by atomic mass is 9.93. The fourth-order valence-corrected chi connectivity index (χ4v) is 2.31. The topological polar surface area (TPSA) is 40.5 Å². The summed E-state index contributed by atoms with van der Waals surface area (Å²) in [5.41, 5.74) is 1.15. The predicted molar refractivity (Wildman–Crippen MR) is 62.9 cm³/mol. The first-order chi connectivity index (χ1) is 8.08. The van der Waals surface area contributed by atoms with E-state index in [1.165, 1.54) is 0 Å². The summed E-state index contributed by atoms with van der Waals surface area (Å²) < 4.78 is 13.4. The molecule has 1 aliphatic heterocycles. The van der Waals surface area contributed by atoms with Gasteiger partial charge in [0.1, 0.15) is 6.17 Å². The molecule has 4 heteroatoms. The maximum Gasteiger partial charge on any atom is 0.335 e. The monoisotopic (exact) mass is 237 g/mol. The number of carbonyl (C=O) groups is 1. The van der Waals surface area contributed by atoms with Crippen LogP contribution in [-0.4, -0.2) is 35.7 Å². The molecule has 0 radical (unpaired) electrons. The van der Waals surface area contributed by atoms with Crippen LogP contribution in [0.1, 0.15) is 34.8 Å². The molecule has 1 heterocycles. The number of alkyl halides is 1. The van der Waals surface area contributed by atoms with Crippen molar-refractivity contribution in [3.05, 3.63) is 35.4 Å². The molecule has 1 aromatic rings. The lowest BCUT2D eigenvalue weighted by molar-refractivity contribution is 0.0696. The van der Waals surface area contributed by atoms with Crippen molar-refractivity contribution in [2.24, 2.45) is 0 Å². The van der Waals surface area contributed by atoms with Crippen molar-refractivity contribution in [3.63, 3.8) is 0 Å². The van der Waals surface area contributed by atoms with Gasteiger partial charge in [-0.15, -0.1) is 0 Å². The molecule has 0 bridgehead atoms. The van der Waals surface area contributed by atoms with Crippen molar-refractivity contribution in [2.45, 2.75) is 25.1 Å². The van der Waals surface area contributed by atoms with E-state index in [0.29, 0.717) is 19.4 Å². The Morgan fingerprint density at radius 2 is 2.29 bits per heavy atom. The fraction of sp³-hybridized carbons (Fsp3) is 0.462. The predicted octanol–water partition coefficient (Wildman–Crippen LogP) is 2.49. The Labute approximate surface area is 99.9 Å². The summed E-state index contributed by atoms with van der Waals surface area (Å²) in [6, 6.07) is 6.77. The Balaban J connectivity index is 2.26. The van der Waals surface area contributed by atoms with Crippen LogP contribution in [0.25, 0.3) is 0 Å². The average molecular weight is 237 g/mol. The first kappa shape index (κ1) is 12.0. The Hall–Kier alpha value is -1.42. The van der Waals surface area contributed by atoms with Crippen LogP contribution in [0.4, 0.5) is 4.39 Å². The van der Waals surface area contributed by atoms with Crippen LogP contribution in [0, 0.1) is 0 Å². The van der Waals surface area contributed by atoms with Gasteiger partial charge in [-0.05, 0) is 37.6 Å². The van der Waals surface area contributed by atoms with E-state index in [2.05, 4.69) is 4.90 Å². The zero-order valence-electron chi connectivity index (χ0n) is 9.77. The minimum atomic E-state index is -0.942. The molecule has 1 saturated heterocycles. The maximum absolute atomic E-state index is 13.4. The molecule has 0 aromatic heterocycles. The molecule has 1 N–H and O–H groups in total. The number of piperidine rings is 1. The summed E-state index contributed by atoms with van der Waals surface area (Å²) >= 11 is 0. The summed E-state index contributed by atoms with van der Waals surface area (Å²) in [6.45, 7) is 0.711. The number of rotatable bonds is 2. The third-order valence-electron chi connectivity index (χ3n) is 3.32. The van der Waals surface area contributed by atoms with Crippen molar-refractivity contribution in [3.8, 4) is 0 Å². The second kappa shape index (κ2) is 4.84. The highest BCUT2D eigenvalue weighted by Crippen LogP contribution is 2.31. The number of benzene rings is 1. The Morgan fingerprint density at radius 1 is 1.53 bits per heavy atom. The molecule has 2 unspecified atom stereocenters. The summed E-state index contributed by atoms with van der Waals surface area (Å²) in [4.78, 5) is 13.0. The number of nitrogens with zero attached hydrogens (tertiary/aromatic N) is 1. The van der Waals surface area contributed by atoms with Crippen LogP contribution in [0.15, 0.2) is 24.3 Å². The summed E-state index contributed by atoms with van der Waals surface area (Å²) in [7, 11) is 1.95. The molecule has 1 aromatic carbocycles. The van der Waals surface area contributed by atoms with Crippen molar-refractivity contribution < 1.29 is 14.3 Å². The van der Waals surface area contributed by atoms with Gasteiger partial charge in [-0.2, -0.15) is 0 Å². The Morgan fingerprint density at radius 3 is 3.00 bits per heavy atom. The van der Waals surface area contributed by atoms with Crippen molar-refractivity contribution in [1.82, 2.24) is 4.90 Å². The molecule has 0 spiro atoms. The number of hydrogen-bond acceptors (Lipinski definition) is 2. The van der Waals surface area contributed by atoms with Gasteiger partial charge in [0.05, 0.1) is 5.56 Å². The zero-order valence-corrected chi connectivity index (χ0v) is 9.77. The number of likely N-dealkylation sites (tertiary alicyclic amines) is 1. The highest BCUT2D eigenvalue weighted by Gasteiger charge is 2.27. The van der Waals surface area contributed by atoms with E-state index in [4.69, 9.17) is 5.11 Å². The van der Waals surface area contributed by atoms with Gasteiger partial charge in [-0.1, -0.05) is 12.1 Å². The van der Waals surface area contributed by atoms with Gasteiger partial charge in [0.2, 0.25) is 0 Å². The van der Waals surface area contributed by atoms with Gasteiger partial charge in [-0.3, -0.25) is 4.90 Å². The van der Waals surface area contributed by atoms with E-state index in [9.17, 15) is 9.18 Å². The number of carboxylic acid groups (broad SMARTS) is 1.